The molecule has 0 radical (unpaired) electrons. The van der Waals surface area contributed by atoms with Crippen LogP contribution in [0.4, 0.5) is 5.69 Å². The number of carboxylic acid groups (broad SMARTS) is 1. The lowest BCUT2D eigenvalue weighted by molar-refractivity contribution is -0.136. The maximum atomic E-state index is 12.9. The zero-order chi connectivity index (χ0) is 26.9. The number of pyridine rings is 3. The molecule has 39 heavy (non-hydrogen) atoms. The molecule has 1 aliphatic carbocycles. The summed E-state index contributed by atoms with van der Waals surface area (Å²) < 4.78 is 1.76. The van der Waals surface area contributed by atoms with E-state index < -0.39 is 5.97 Å². The van der Waals surface area contributed by atoms with Gasteiger partial charge in [-0.15, -0.1) is 0 Å². The fourth-order valence-electron chi connectivity index (χ4n) is 5.33. The van der Waals surface area contributed by atoms with Crippen molar-refractivity contribution in [3.63, 3.8) is 0 Å². The van der Waals surface area contributed by atoms with Gasteiger partial charge >= 0.3 is 5.97 Å². The highest BCUT2D eigenvalue weighted by molar-refractivity contribution is 6.13. The van der Waals surface area contributed by atoms with Crippen molar-refractivity contribution in [2.75, 3.05) is 6.54 Å². The number of nitrogens with one attached hydrogen (secondary N) is 3. The summed E-state index contributed by atoms with van der Waals surface area (Å²) in [7, 11) is 1.84. The molecule has 0 saturated heterocycles. The lowest BCUT2D eigenvalue weighted by Crippen LogP contribution is -2.26. The molecule has 12 nitrogen and oxygen atoms in total. The van der Waals surface area contributed by atoms with E-state index in [4.69, 9.17) is 10.1 Å². The molecule has 0 unspecified atom stereocenters. The molecule has 6 rings (SSSR count). The Hall–Kier alpha value is -4.61. The number of nitrogens with zero attached hydrogens (tertiary/aromatic N) is 6. The highest BCUT2D eigenvalue weighted by Gasteiger charge is 2.18. The molecule has 0 atom stereocenters. The third-order valence-electron chi connectivity index (χ3n) is 7.29. The number of aromatic nitrogens is 7. The number of aromatic amines is 2. The summed E-state index contributed by atoms with van der Waals surface area (Å²) in [5.74, 6) is -0.392. The molecule has 1 aliphatic rings. The zero-order valence-electron chi connectivity index (χ0n) is 21.6. The number of aryl methyl sites for hydroxylation is 1. The van der Waals surface area contributed by atoms with Crippen LogP contribution in [0, 0.1) is 5.92 Å². The Bertz CT molecular complexity index is 1760. The topological polar surface area (TPSA) is 167 Å². The number of carbonyl (C=O) groups is 2. The Morgan fingerprint density at radius 1 is 1.13 bits per heavy atom. The average molecular weight is 528 g/mol. The molecule has 1 fully saturated rings. The van der Waals surface area contributed by atoms with Gasteiger partial charge in [-0.2, -0.15) is 4.98 Å². The van der Waals surface area contributed by atoms with Gasteiger partial charge in [0, 0.05) is 19.8 Å². The van der Waals surface area contributed by atoms with Crippen LogP contribution in [0.3, 0.4) is 0 Å². The summed E-state index contributed by atoms with van der Waals surface area (Å²) in [6.45, 7) is 0.661. The number of rotatable bonds is 7. The van der Waals surface area contributed by atoms with Gasteiger partial charge < -0.3 is 15.4 Å². The third kappa shape index (κ3) is 5.09. The number of aliphatic carboxylic acids is 1. The first-order valence-electron chi connectivity index (χ1n) is 13.2. The summed E-state index contributed by atoms with van der Waals surface area (Å²) in [5, 5.41) is 16.0. The van der Waals surface area contributed by atoms with E-state index in [-0.39, 0.29) is 17.9 Å². The van der Waals surface area contributed by atoms with Crippen molar-refractivity contribution in [1.29, 1.82) is 0 Å². The minimum absolute atomic E-state index is 0.145. The van der Waals surface area contributed by atoms with Gasteiger partial charge in [-0.25, -0.2) is 9.98 Å². The highest BCUT2D eigenvalue weighted by atomic mass is 16.4. The molecule has 5 aromatic rings. The number of carboxylic acids is 1. The van der Waals surface area contributed by atoms with Crippen LogP contribution in [0.5, 0.6) is 0 Å². The van der Waals surface area contributed by atoms with Crippen molar-refractivity contribution in [3.8, 4) is 0 Å². The Labute approximate surface area is 222 Å². The molecule has 1 amide bonds. The molecule has 200 valence electrons. The minimum Gasteiger partial charge on any atom is -0.481 e. The van der Waals surface area contributed by atoms with Crippen molar-refractivity contribution >= 4 is 50.8 Å². The molecular formula is C27H29N9O3. The zero-order valence-corrected chi connectivity index (χ0v) is 21.6. The van der Waals surface area contributed by atoms with E-state index in [1.165, 1.54) is 38.3 Å². The van der Waals surface area contributed by atoms with Crippen molar-refractivity contribution in [2.24, 2.45) is 18.0 Å². The lowest BCUT2D eigenvalue weighted by Gasteiger charge is -2.21. The molecule has 0 bridgehead atoms. The van der Waals surface area contributed by atoms with Gasteiger partial charge in [0.2, 0.25) is 0 Å². The maximum absolute atomic E-state index is 12.9. The summed E-state index contributed by atoms with van der Waals surface area (Å²) in [6.07, 6.45) is 10.3. The van der Waals surface area contributed by atoms with E-state index in [1.54, 1.807) is 29.1 Å². The van der Waals surface area contributed by atoms with Crippen LogP contribution in [-0.4, -0.2) is 58.2 Å². The quantitative estimate of drug-likeness (QED) is 0.236. The van der Waals surface area contributed by atoms with Gasteiger partial charge in [0.1, 0.15) is 16.7 Å². The number of hydrogen-bond acceptors (Lipinski definition) is 7. The van der Waals surface area contributed by atoms with Gasteiger partial charge in [-0.05, 0) is 30.5 Å². The molecule has 0 aliphatic heterocycles. The molecule has 0 aromatic carbocycles. The first kappa shape index (κ1) is 24.7. The maximum Gasteiger partial charge on any atom is 0.309 e. The Balaban J connectivity index is 1.33. The normalized spacial score (nSPS) is 14.9. The van der Waals surface area contributed by atoms with Gasteiger partial charge in [0.05, 0.1) is 40.5 Å². The van der Waals surface area contributed by atoms with E-state index in [0.717, 1.165) is 11.8 Å². The molecule has 0 spiro atoms. The fraction of sp³-hybridized carbons (Fsp3) is 0.370. The molecular weight excluding hydrogens is 498 g/mol. The first-order valence-corrected chi connectivity index (χ1v) is 13.2. The van der Waals surface area contributed by atoms with Crippen molar-refractivity contribution < 1.29 is 14.7 Å². The lowest BCUT2D eigenvalue weighted by atomic mass is 9.87. The summed E-state index contributed by atoms with van der Waals surface area (Å²) in [5.41, 5.74) is 4.82. The summed E-state index contributed by atoms with van der Waals surface area (Å²) in [6, 6.07) is 5.09. The van der Waals surface area contributed by atoms with Crippen molar-refractivity contribution in [3.05, 3.63) is 47.5 Å². The highest BCUT2D eigenvalue weighted by Crippen LogP contribution is 2.27. The molecule has 5 heterocycles. The molecule has 12 heteroatoms. The van der Waals surface area contributed by atoms with Crippen molar-refractivity contribution in [1.82, 2.24) is 40.0 Å². The third-order valence-corrected chi connectivity index (χ3v) is 7.29. The van der Waals surface area contributed by atoms with Crippen LogP contribution in [0.2, 0.25) is 0 Å². The molecule has 1 saturated carbocycles. The number of carbonyl (C=O) groups excluding carboxylic acids is 1. The minimum atomic E-state index is -0.948. The fourth-order valence-corrected chi connectivity index (χ4v) is 5.33. The standard InChI is InChI=1S/C27H29N9O3/c1-36-25-21-23(33-27(34-25)31-18-8-7-17(29-14-18)12-20(37)38)22-19(32-24(21)35-36)11-16(13-30-22)26(39)28-10-9-15-5-3-2-4-6-15/h7-8,11,13-15,32,35H,2-6,9-10,12H2,1H3,(H,28,39)(H,37,38). The first-order chi connectivity index (χ1) is 18.9. The van der Waals surface area contributed by atoms with Crippen LogP contribution in [-0.2, 0) is 18.3 Å². The molecule has 4 N–H and O–H groups in total. The van der Waals surface area contributed by atoms with Gasteiger partial charge in [-0.1, -0.05) is 32.1 Å². The summed E-state index contributed by atoms with van der Waals surface area (Å²) in [4.78, 5) is 49.7. The predicted octanol–water partition coefficient (Wildman–Crippen LogP) is 3.28. The van der Waals surface area contributed by atoms with Crippen LogP contribution in [0.15, 0.2) is 35.6 Å². The van der Waals surface area contributed by atoms with Crippen LogP contribution < -0.4 is 10.9 Å². The second kappa shape index (κ2) is 10.3. The largest absolute Gasteiger partial charge is 0.481 e. The Morgan fingerprint density at radius 3 is 2.74 bits per heavy atom. The van der Waals surface area contributed by atoms with E-state index in [1.807, 2.05) is 7.05 Å². The smallest absolute Gasteiger partial charge is 0.309 e. The monoisotopic (exact) mass is 527 g/mol. The predicted molar refractivity (Wildman–Crippen MR) is 144 cm³/mol. The number of amides is 1. The SMILES string of the molecule is Cn1[nH]c2[nH]c3cc(C(=O)NCCC4CCCCC4)cnc3c3nc(=Nc4ccc(CC(=O)O)nc4)nc1c23. The van der Waals surface area contributed by atoms with E-state index >= 15 is 0 Å². The van der Waals surface area contributed by atoms with E-state index in [0.29, 0.717) is 57.3 Å². The number of hydrogen-bond donors (Lipinski definition) is 4. The van der Waals surface area contributed by atoms with Gasteiger partial charge in [0.15, 0.2) is 5.65 Å². The Morgan fingerprint density at radius 2 is 1.97 bits per heavy atom. The summed E-state index contributed by atoms with van der Waals surface area (Å²) >= 11 is 0. The number of fused-ring (bicyclic) bond motifs is 2. The van der Waals surface area contributed by atoms with E-state index in [9.17, 15) is 9.59 Å². The van der Waals surface area contributed by atoms with E-state index in [2.05, 4.69) is 35.3 Å². The second-order valence-electron chi connectivity index (χ2n) is 10.1. The molecule has 5 aromatic heterocycles. The van der Waals surface area contributed by atoms with Gasteiger partial charge in [-0.3, -0.25) is 29.3 Å². The number of H-pyrrole nitrogens is 2. The van der Waals surface area contributed by atoms with Crippen LogP contribution in [0.25, 0.3) is 33.2 Å². The second-order valence-corrected chi connectivity index (χ2v) is 10.1. The van der Waals surface area contributed by atoms with Crippen LogP contribution in [0.1, 0.15) is 54.6 Å². The van der Waals surface area contributed by atoms with Crippen molar-refractivity contribution in [2.45, 2.75) is 44.9 Å². The van der Waals surface area contributed by atoms with Crippen LogP contribution >= 0.6 is 0 Å². The average Bonchev–Trinajstić information content (AvgIpc) is 3.25. The van der Waals surface area contributed by atoms with Gasteiger partial charge in [0.25, 0.3) is 11.5 Å². The Kier molecular flexibility index (Phi) is 6.51.